The Balaban J connectivity index is 0.00000301. The molecule has 0 bridgehead atoms. The molecule has 1 aromatic rings. The van der Waals surface area contributed by atoms with Gasteiger partial charge in [0.25, 0.3) is 6.26 Å². The fraction of sp³-hybridized carbons (Fsp3) is 0.529. The van der Waals surface area contributed by atoms with Crippen molar-refractivity contribution in [2.24, 2.45) is 0 Å². The van der Waals surface area contributed by atoms with E-state index in [1.807, 2.05) is 13.8 Å². The standard InChI is InChI=1S/C15H18F2N2O4S.C2H6/c1-10-7-11(12(16)13(21-2)14(10)24-17)8-23-15(20)19-5-3-4-6-22-9-18;1-2/h7H,3-6,8H2,1-2H3,(H,19,20);1-2H3. The Hall–Kier alpha value is -2.21. The quantitative estimate of drug-likeness (QED) is 0.488. The van der Waals surface area contributed by atoms with Crippen LogP contribution in [-0.4, -0.2) is 26.4 Å². The number of amides is 1. The summed E-state index contributed by atoms with van der Waals surface area (Å²) in [5, 5.41) is 10.7. The normalized spacial score (nSPS) is 9.42. The number of rotatable bonds is 9. The third kappa shape index (κ3) is 7.78. The van der Waals surface area contributed by atoms with E-state index in [1.165, 1.54) is 13.2 Å². The zero-order valence-electron chi connectivity index (χ0n) is 15.4. The molecule has 0 spiro atoms. The highest BCUT2D eigenvalue weighted by Crippen LogP contribution is 2.37. The van der Waals surface area contributed by atoms with Gasteiger partial charge in [0.15, 0.2) is 11.6 Å². The average Bonchev–Trinajstić information content (AvgIpc) is 2.66. The SMILES string of the molecule is CC.COc1c(F)c(COC(=O)NCCCCOC#N)cc(C)c1SF. The van der Waals surface area contributed by atoms with E-state index in [9.17, 15) is 13.1 Å². The van der Waals surface area contributed by atoms with Crippen molar-refractivity contribution in [3.63, 3.8) is 0 Å². The maximum atomic E-state index is 14.2. The van der Waals surface area contributed by atoms with Gasteiger partial charge in [0.2, 0.25) is 0 Å². The van der Waals surface area contributed by atoms with Crippen LogP contribution in [0.15, 0.2) is 11.0 Å². The molecule has 0 unspecified atom stereocenters. The predicted octanol–water partition coefficient (Wildman–Crippen LogP) is 4.65. The predicted molar refractivity (Wildman–Crippen MR) is 95.0 cm³/mol. The Morgan fingerprint density at radius 3 is 2.65 bits per heavy atom. The highest BCUT2D eigenvalue weighted by atomic mass is 32.2. The molecule has 0 aliphatic carbocycles. The lowest BCUT2D eigenvalue weighted by Crippen LogP contribution is -2.25. The number of hydrogen-bond acceptors (Lipinski definition) is 6. The van der Waals surface area contributed by atoms with Crippen molar-refractivity contribution < 1.29 is 27.3 Å². The summed E-state index contributed by atoms with van der Waals surface area (Å²) in [4.78, 5) is 11.6. The molecule has 1 rings (SSSR count). The number of nitrogens with zero attached hydrogens (tertiary/aromatic N) is 1. The second-order valence-corrected chi connectivity index (χ2v) is 5.32. The Labute approximate surface area is 157 Å². The van der Waals surface area contributed by atoms with E-state index in [-0.39, 0.29) is 41.6 Å². The first kappa shape index (κ1) is 23.8. The third-order valence-electron chi connectivity index (χ3n) is 3.08. The summed E-state index contributed by atoms with van der Waals surface area (Å²) in [7, 11) is 1.24. The van der Waals surface area contributed by atoms with Gasteiger partial charge in [0, 0.05) is 12.1 Å². The van der Waals surface area contributed by atoms with Gasteiger partial charge in [-0.1, -0.05) is 13.8 Å². The van der Waals surface area contributed by atoms with Crippen LogP contribution in [0.25, 0.3) is 0 Å². The van der Waals surface area contributed by atoms with Gasteiger partial charge in [0.1, 0.15) is 13.2 Å². The minimum Gasteiger partial charge on any atom is -0.492 e. The fourth-order valence-corrected chi connectivity index (χ4v) is 2.35. The molecule has 6 nitrogen and oxygen atoms in total. The maximum Gasteiger partial charge on any atom is 0.407 e. The zero-order chi connectivity index (χ0) is 19.9. The van der Waals surface area contributed by atoms with E-state index >= 15 is 0 Å². The number of methoxy groups -OCH3 is 1. The molecular formula is C17H24F2N2O4S. The van der Waals surface area contributed by atoms with Crippen LogP contribution in [-0.2, 0) is 16.1 Å². The highest BCUT2D eigenvalue weighted by Gasteiger charge is 2.19. The van der Waals surface area contributed by atoms with Crippen molar-refractivity contribution in [2.45, 2.75) is 45.1 Å². The molecule has 0 aliphatic heterocycles. The Morgan fingerprint density at radius 2 is 2.08 bits per heavy atom. The largest absolute Gasteiger partial charge is 0.492 e. The topological polar surface area (TPSA) is 80.6 Å². The second kappa shape index (κ2) is 14.0. The lowest BCUT2D eigenvalue weighted by Gasteiger charge is -2.13. The summed E-state index contributed by atoms with van der Waals surface area (Å²) in [6.07, 6.45) is 2.08. The van der Waals surface area contributed by atoms with Crippen molar-refractivity contribution in [1.29, 1.82) is 5.26 Å². The first-order valence-corrected chi connectivity index (χ1v) is 8.82. The van der Waals surface area contributed by atoms with Crippen LogP contribution in [0.3, 0.4) is 0 Å². The Bertz CT molecular complexity index is 609. The molecule has 26 heavy (non-hydrogen) atoms. The van der Waals surface area contributed by atoms with Gasteiger partial charge in [-0.25, -0.2) is 9.18 Å². The molecular weight excluding hydrogens is 366 g/mol. The molecule has 1 aromatic carbocycles. The molecule has 0 saturated carbocycles. The van der Waals surface area contributed by atoms with Gasteiger partial charge < -0.3 is 19.5 Å². The van der Waals surface area contributed by atoms with Crippen LogP contribution < -0.4 is 10.1 Å². The summed E-state index contributed by atoms with van der Waals surface area (Å²) in [5.74, 6) is -0.969. The van der Waals surface area contributed by atoms with Crippen LogP contribution in [0.4, 0.5) is 13.1 Å². The molecule has 0 aliphatic rings. The number of aryl methyl sites for hydroxylation is 1. The minimum atomic E-state index is -0.760. The number of alkyl carbamates (subject to hydrolysis) is 1. The molecule has 9 heteroatoms. The number of carbonyl (C=O) groups excluding carboxylic acids is 1. The van der Waals surface area contributed by atoms with Crippen molar-refractivity contribution in [3.05, 3.63) is 23.0 Å². The molecule has 1 N–H and O–H groups in total. The number of unbranched alkanes of at least 4 members (excludes halogenated alkanes) is 1. The summed E-state index contributed by atoms with van der Waals surface area (Å²) in [6.45, 7) is 5.94. The number of hydrogen-bond donors (Lipinski definition) is 1. The van der Waals surface area contributed by atoms with Crippen molar-refractivity contribution in [3.8, 4) is 12.0 Å². The molecule has 0 saturated heterocycles. The van der Waals surface area contributed by atoms with Crippen molar-refractivity contribution in [1.82, 2.24) is 5.32 Å². The van der Waals surface area contributed by atoms with Crippen LogP contribution in [0.2, 0.25) is 0 Å². The molecule has 0 heterocycles. The smallest absolute Gasteiger partial charge is 0.407 e. The molecule has 146 valence electrons. The van der Waals surface area contributed by atoms with Crippen LogP contribution in [0.5, 0.6) is 5.75 Å². The number of nitriles is 1. The molecule has 0 fully saturated rings. The minimum absolute atomic E-state index is 0.0581. The summed E-state index contributed by atoms with van der Waals surface area (Å²) in [5.41, 5.74) is 0.581. The van der Waals surface area contributed by atoms with Crippen molar-refractivity contribution in [2.75, 3.05) is 20.3 Å². The fourth-order valence-electron chi connectivity index (χ4n) is 1.93. The first-order valence-electron chi connectivity index (χ1n) is 8.11. The lowest BCUT2D eigenvalue weighted by atomic mass is 10.1. The third-order valence-corrected chi connectivity index (χ3v) is 3.75. The lowest BCUT2D eigenvalue weighted by molar-refractivity contribution is 0.137. The van der Waals surface area contributed by atoms with Crippen LogP contribution in [0, 0.1) is 24.3 Å². The van der Waals surface area contributed by atoms with Gasteiger partial charge in [-0.3, -0.25) is 0 Å². The van der Waals surface area contributed by atoms with E-state index < -0.39 is 11.9 Å². The summed E-state index contributed by atoms with van der Waals surface area (Å²) < 4.78 is 41.4. The van der Waals surface area contributed by atoms with Crippen LogP contribution >= 0.6 is 12.1 Å². The maximum absolute atomic E-state index is 14.2. The summed E-state index contributed by atoms with van der Waals surface area (Å²) >= 11 is -0.102. The molecule has 0 atom stereocenters. The van der Waals surface area contributed by atoms with Gasteiger partial charge in [0.05, 0.1) is 24.2 Å². The highest BCUT2D eigenvalue weighted by molar-refractivity contribution is 7.94. The Kier molecular flexibility index (Phi) is 12.8. The number of carbonyl (C=O) groups is 1. The molecule has 0 aromatic heterocycles. The number of ether oxygens (including phenoxy) is 3. The van der Waals surface area contributed by atoms with E-state index in [0.717, 1.165) is 0 Å². The van der Waals surface area contributed by atoms with E-state index in [1.54, 1.807) is 13.2 Å². The molecule has 0 radical (unpaired) electrons. The summed E-state index contributed by atoms with van der Waals surface area (Å²) in [6, 6.07) is 1.41. The number of halogens is 2. The monoisotopic (exact) mass is 390 g/mol. The van der Waals surface area contributed by atoms with Gasteiger partial charge in [-0.2, -0.15) is 9.15 Å². The van der Waals surface area contributed by atoms with E-state index in [2.05, 4.69) is 10.1 Å². The van der Waals surface area contributed by atoms with Gasteiger partial charge >= 0.3 is 6.09 Å². The first-order chi connectivity index (χ1) is 12.5. The van der Waals surface area contributed by atoms with Crippen LogP contribution in [0.1, 0.15) is 37.8 Å². The van der Waals surface area contributed by atoms with Gasteiger partial charge in [-0.15, -0.1) is 0 Å². The second-order valence-electron chi connectivity index (χ2n) is 4.76. The zero-order valence-corrected chi connectivity index (χ0v) is 16.2. The average molecular weight is 390 g/mol. The van der Waals surface area contributed by atoms with E-state index in [4.69, 9.17) is 14.7 Å². The Morgan fingerprint density at radius 1 is 1.38 bits per heavy atom. The van der Waals surface area contributed by atoms with E-state index in [0.29, 0.717) is 24.9 Å². The van der Waals surface area contributed by atoms with Gasteiger partial charge in [-0.05, 0) is 31.4 Å². The molecule has 1 amide bonds. The number of benzene rings is 1. The van der Waals surface area contributed by atoms with Crippen molar-refractivity contribution >= 4 is 18.2 Å². The number of nitrogens with one attached hydrogen (secondary N) is 1.